The first-order chi connectivity index (χ1) is 12.7. The number of hydrogen-bond donors (Lipinski definition) is 1. The summed E-state index contributed by atoms with van der Waals surface area (Å²) in [7, 11) is 3.34. The van der Waals surface area contributed by atoms with Crippen LogP contribution in [0.3, 0.4) is 0 Å². The minimum Gasteiger partial charge on any atom is -0.497 e. The predicted molar refractivity (Wildman–Crippen MR) is 101 cm³/mol. The van der Waals surface area contributed by atoms with E-state index >= 15 is 0 Å². The molecule has 1 fully saturated rings. The Hall–Kier alpha value is -2.73. The predicted octanol–water partition coefficient (Wildman–Crippen LogP) is 2.94. The number of methoxy groups -OCH3 is 2. The van der Waals surface area contributed by atoms with Crippen molar-refractivity contribution in [2.45, 2.75) is 12.5 Å². The number of hydrogen-bond acceptors (Lipinski definition) is 5. The highest BCUT2D eigenvalue weighted by molar-refractivity contribution is 5.92. The highest BCUT2D eigenvalue weighted by Gasteiger charge is 2.22. The Morgan fingerprint density at radius 2 is 1.92 bits per heavy atom. The lowest BCUT2D eigenvalue weighted by molar-refractivity contribution is -0.118. The first kappa shape index (κ1) is 18.1. The molecule has 6 heteroatoms. The summed E-state index contributed by atoms with van der Waals surface area (Å²) in [6.07, 6.45) is 1.33. The van der Waals surface area contributed by atoms with Gasteiger partial charge in [-0.3, -0.25) is 4.79 Å². The summed E-state index contributed by atoms with van der Waals surface area (Å²) in [4.78, 5) is 14.4. The number of ether oxygens (including phenoxy) is 3. The van der Waals surface area contributed by atoms with Crippen LogP contribution in [-0.2, 0) is 9.53 Å². The van der Waals surface area contributed by atoms with Crippen molar-refractivity contribution in [3.8, 4) is 11.5 Å². The molecule has 1 saturated heterocycles. The van der Waals surface area contributed by atoms with Crippen LogP contribution in [0.5, 0.6) is 11.5 Å². The molecule has 2 aromatic carbocycles. The van der Waals surface area contributed by atoms with Gasteiger partial charge in [-0.05, 0) is 42.8 Å². The lowest BCUT2D eigenvalue weighted by Crippen LogP contribution is -2.22. The first-order valence-electron chi connectivity index (χ1n) is 8.62. The molecule has 1 aliphatic heterocycles. The molecule has 1 unspecified atom stereocenters. The Labute approximate surface area is 153 Å². The van der Waals surface area contributed by atoms with Gasteiger partial charge in [0.2, 0.25) is 0 Å². The SMILES string of the molecule is COc1cccc(OCC(=O)Nc2ccc(N3CCC(OC)C3)cc2)c1. The highest BCUT2D eigenvalue weighted by Crippen LogP contribution is 2.23. The van der Waals surface area contributed by atoms with Crippen LogP contribution in [0, 0.1) is 0 Å². The van der Waals surface area contributed by atoms with E-state index in [9.17, 15) is 4.79 Å². The summed E-state index contributed by atoms with van der Waals surface area (Å²) in [6, 6.07) is 15.0. The van der Waals surface area contributed by atoms with Crippen molar-refractivity contribution in [1.29, 1.82) is 0 Å². The molecule has 2 aromatic rings. The molecule has 138 valence electrons. The quantitative estimate of drug-likeness (QED) is 0.827. The standard InChI is InChI=1S/C20H24N2O4/c1-24-17-4-3-5-18(12-17)26-14-20(23)21-15-6-8-16(9-7-15)22-11-10-19(13-22)25-2/h3-9,12,19H,10-11,13-14H2,1-2H3,(H,21,23). The summed E-state index contributed by atoms with van der Waals surface area (Å²) in [5.41, 5.74) is 1.88. The summed E-state index contributed by atoms with van der Waals surface area (Å²) in [5.74, 6) is 1.08. The fourth-order valence-electron chi connectivity index (χ4n) is 2.95. The highest BCUT2D eigenvalue weighted by atomic mass is 16.5. The Bertz CT molecular complexity index is 733. The molecular formula is C20H24N2O4. The van der Waals surface area contributed by atoms with Gasteiger partial charge < -0.3 is 24.4 Å². The molecule has 0 radical (unpaired) electrons. The maximum Gasteiger partial charge on any atom is 0.262 e. The monoisotopic (exact) mass is 356 g/mol. The van der Waals surface area contributed by atoms with E-state index in [1.54, 1.807) is 26.4 Å². The Balaban J connectivity index is 1.49. The summed E-state index contributed by atoms with van der Waals surface area (Å²) < 4.78 is 16.0. The van der Waals surface area contributed by atoms with Gasteiger partial charge in [0.15, 0.2) is 6.61 Å². The van der Waals surface area contributed by atoms with Crippen LogP contribution in [0.2, 0.25) is 0 Å². The zero-order valence-electron chi connectivity index (χ0n) is 15.1. The van der Waals surface area contributed by atoms with Crippen LogP contribution < -0.4 is 19.7 Å². The smallest absolute Gasteiger partial charge is 0.262 e. The number of rotatable bonds is 7. The average molecular weight is 356 g/mol. The van der Waals surface area contributed by atoms with Crippen LogP contribution in [0.25, 0.3) is 0 Å². The first-order valence-corrected chi connectivity index (χ1v) is 8.62. The van der Waals surface area contributed by atoms with E-state index in [0.717, 1.165) is 30.9 Å². The molecule has 0 aliphatic carbocycles. The number of anilines is 2. The molecule has 6 nitrogen and oxygen atoms in total. The molecule has 0 aromatic heterocycles. The van der Waals surface area contributed by atoms with E-state index in [1.165, 1.54) is 0 Å². The Kier molecular flexibility index (Phi) is 5.96. The Morgan fingerprint density at radius 1 is 1.15 bits per heavy atom. The molecule has 1 N–H and O–H groups in total. The van der Waals surface area contributed by atoms with Crippen molar-refractivity contribution in [1.82, 2.24) is 0 Å². The van der Waals surface area contributed by atoms with Gasteiger partial charge in [0.05, 0.1) is 13.2 Å². The lowest BCUT2D eigenvalue weighted by atomic mass is 10.2. The van der Waals surface area contributed by atoms with Gasteiger partial charge in [-0.2, -0.15) is 0 Å². The van der Waals surface area contributed by atoms with Crippen LogP contribution in [-0.4, -0.2) is 45.9 Å². The van der Waals surface area contributed by atoms with Crippen molar-refractivity contribution in [2.24, 2.45) is 0 Å². The van der Waals surface area contributed by atoms with Crippen molar-refractivity contribution < 1.29 is 19.0 Å². The van der Waals surface area contributed by atoms with E-state index < -0.39 is 0 Å². The third-order valence-electron chi connectivity index (χ3n) is 4.41. The molecule has 1 atom stereocenters. The molecule has 1 amide bonds. The second-order valence-electron chi connectivity index (χ2n) is 6.16. The van der Waals surface area contributed by atoms with E-state index in [0.29, 0.717) is 17.6 Å². The Morgan fingerprint density at radius 3 is 2.62 bits per heavy atom. The topological polar surface area (TPSA) is 60.0 Å². The summed E-state index contributed by atoms with van der Waals surface area (Å²) >= 11 is 0. The van der Waals surface area contributed by atoms with Crippen LogP contribution >= 0.6 is 0 Å². The maximum atomic E-state index is 12.1. The molecule has 0 saturated carbocycles. The zero-order chi connectivity index (χ0) is 18.4. The molecular weight excluding hydrogens is 332 g/mol. The van der Waals surface area contributed by atoms with E-state index in [2.05, 4.69) is 10.2 Å². The number of carbonyl (C=O) groups excluding carboxylic acids is 1. The third-order valence-corrected chi connectivity index (χ3v) is 4.41. The van der Waals surface area contributed by atoms with Gasteiger partial charge in [0.25, 0.3) is 5.91 Å². The number of nitrogens with zero attached hydrogens (tertiary/aromatic N) is 1. The number of carbonyl (C=O) groups is 1. The number of benzene rings is 2. The summed E-state index contributed by atoms with van der Waals surface area (Å²) in [6.45, 7) is 1.83. The van der Waals surface area contributed by atoms with E-state index in [4.69, 9.17) is 14.2 Å². The fraction of sp³-hybridized carbons (Fsp3) is 0.350. The summed E-state index contributed by atoms with van der Waals surface area (Å²) in [5, 5.41) is 2.84. The van der Waals surface area contributed by atoms with Crippen molar-refractivity contribution >= 4 is 17.3 Å². The largest absolute Gasteiger partial charge is 0.497 e. The average Bonchev–Trinajstić information content (AvgIpc) is 3.16. The number of amides is 1. The van der Waals surface area contributed by atoms with Gasteiger partial charge >= 0.3 is 0 Å². The maximum absolute atomic E-state index is 12.1. The molecule has 0 bridgehead atoms. The second-order valence-corrected chi connectivity index (χ2v) is 6.16. The third kappa shape index (κ3) is 4.67. The van der Waals surface area contributed by atoms with Crippen molar-refractivity contribution in [2.75, 3.05) is 44.1 Å². The fourth-order valence-corrected chi connectivity index (χ4v) is 2.95. The van der Waals surface area contributed by atoms with Gasteiger partial charge in [-0.1, -0.05) is 6.07 Å². The minimum absolute atomic E-state index is 0.0590. The number of nitrogens with one attached hydrogen (secondary N) is 1. The van der Waals surface area contributed by atoms with Crippen LogP contribution in [0.4, 0.5) is 11.4 Å². The van der Waals surface area contributed by atoms with Gasteiger partial charge in [0.1, 0.15) is 11.5 Å². The van der Waals surface area contributed by atoms with Gasteiger partial charge in [-0.25, -0.2) is 0 Å². The van der Waals surface area contributed by atoms with E-state index in [-0.39, 0.29) is 12.5 Å². The zero-order valence-corrected chi connectivity index (χ0v) is 15.1. The van der Waals surface area contributed by atoms with Gasteiger partial charge in [0, 0.05) is 37.6 Å². The minimum atomic E-state index is -0.207. The van der Waals surface area contributed by atoms with E-state index in [1.807, 2.05) is 36.4 Å². The van der Waals surface area contributed by atoms with Crippen molar-refractivity contribution in [3.63, 3.8) is 0 Å². The van der Waals surface area contributed by atoms with Crippen LogP contribution in [0.15, 0.2) is 48.5 Å². The lowest BCUT2D eigenvalue weighted by Gasteiger charge is -2.18. The second kappa shape index (κ2) is 8.58. The van der Waals surface area contributed by atoms with Crippen molar-refractivity contribution in [3.05, 3.63) is 48.5 Å². The van der Waals surface area contributed by atoms with Crippen LogP contribution in [0.1, 0.15) is 6.42 Å². The molecule has 26 heavy (non-hydrogen) atoms. The van der Waals surface area contributed by atoms with Gasteiger partial charge in [-0.15, -0.1) is 0 Å². The molecule has 1 heterocycles. The molecule has 1 aliphatic rings. The molecule has 0 spiro atoms. The normalized spacial score (nSPS) is 16.4. The molecule has 3 rings (SSSR count).